The first-order valence-electron chi connectivity index (χ1n) is 12.6. The van der Waals surface area contributed by atoms with Gasteiger partial charge in [0.25, 0.3) is 0 Å². The Morgan fingerprint density at radius 1 is 0.800 bits per heavy atom. The molecule has 1 fully saturated rings. The third kappa shape index (κ3) is 5.40. The highest BCUT2D eigenvalue weighted by molar-refractivity contribution is 5.51. The molecule has 0 spiro atoms. The molecule has 0 saturated carbocycles. The second-order valence-corrected chi connectivity index (χ2v) is 9.40. The molecule has 5 rings (SSSR count). The normalized spacial score (nSPS) is 19.9. The van der Waals surface area contributed by atoms with Gasteiger partial charge in [-0.3, -0.25) is 4.90 Å². The van der Waals surface area contributed by atoms with Crippen molar-refractivity contribution in [2.45, 2.75) is 31.1 Å². The molecule has 5 heteroatoms. The van der Waals surface area contributed by atoms with Crippen LogP contribution in [0.3, 0.4) is 0 Å². The minimum absolute atomic E-state index is 0.152. The summed E-state index contributed by atoms with van der Waals surface area (Å²) >= 11 is 0. The Kier molecular flexibility index (Phi) is 7.43. The molecule has 2 aliphatic heterocycles. The number of nitrogens with zero attached hydrogens (tertiary/aromatic N) is 1. The van der Waals surface area contributed by atoms with E-state index < -0.39 is 0 Å². The Hall–Kier alpha value is -3.18. The number of hydrogen-bond acceptors (Lipinski definition) is 5. The van der Waals surface area contributed by atoms with Gasteiger partial charge < -0.3 is 18.9 Å². The molecule has 2 aliphatic rings. The number of likely N-dealkylation sites (tertiary alicyclic amines) is 1. The molecule has 2 heterocycles. The fourth-order valence-electron chi connectivity index (χ4n) is 5.34. The maximum absolute atomic E-state index is 6.24. The van der Waals surface area contributed by atoms with Crippen LogP contribution in [0.1, 0.15) is 47.8 Å². The highest BCUT2D eigenvalue weighted by atomic mass is 16.5. The van der Waals surface area contributed by atoms with Crippen LogP contribution in [0, 0.1) is 0 Å². The van der Waals surface area contributed by atoms with Gasteiger partial charge in [-0.1, -0.05) is 36.8 Å². The van der Waals surface area contributed by atoms with E-state index >= 15 is 0 Å². The lowest BCUT2D eigenvalue weighted by atomic mass is 9.76. The summed E-state index contributed by atoms with van der Waals surface area (Å²) < 4.78 is 23.3. The quantitative estimate of drug-likeness (QED) is 0.409. The SMILES string of the molecule is COc1cccc([C@@H]2COc3cc(OC)ccc3[C@@H]2c2ccc(OCCN3CCCCC3)cc2)c1. The topological polar surface area (TPSA) is 40.2 Å². The number of ether oxygens (including phenoxy) is 4. The number of benzene rings is 3. The first-order valence-corrected chi connectivity index (χ1v) is 12.6. The zero-order chi connectivity index (χ0) is 24.0. The zero-order valence-electron chi connectivity index (χ0n) is 20.7. The summed E-state index contributed by atoms with van der Waals surface area (Å²) in [6.45, 7) is 4.70. The molecule has 35 heavy (non-hydrogen) atoms. The lowest BCUT2D eigenvalue weighted by Gasteiger charge is -2.35. The summed E-state index contributed by atoms with van der Waals surface area (Å²) in [7, 11) is 3.39. The van der Waals surface area contributed by atoms with E-state index in [0.29, 0.717) is 6.61 Å². The Morgan fingerprint density at radius 2 is 1.54 bits per heavy atom. The van der Waals surface area contributed by atoms with Crippen molar-refractivity contribution < 1.29 is 18.9 Å². The summed E-state index contributed by atoms with van der Waals surface area (Å²) in [6.07, 6.45) is 3.97. The van der Waals surface area contributed by atoms with Crippen LogP contribution in [0.2, 0.25) is 0 Å². The summed E-state index contributed by atoms with van der Waals surface area (Å²) in [5.41, 5.74) is 3.62. The first kappa shape index (κ1) is 23.6. The van der Waals surface area contributed by atoms with Gasteiger partial charge in [-0.05, 0) is 67.4 Å². The molecule has 1 saturated heterocycles. The van der Waals surface area contributed by atoms with Crippen molar-refractivity contribution in [3.8, 4) is 23.0 Å². The number of fused-ring (bicyclic) bond motifs is 1. The predicted molar refractivity (Wildman–Crippen MR) is 138 cm³/mol. The van der Waals surface area contributed by atoms with Crippen LogP contribution in [0.25, 0.3) is 0 Å². The third-order valence-corrected chi connectivity index (χ3v) is 7.26. The van der Waals surface area contributed by atoms with Gasteiger partial charge in [-0.2, -0.15) is 0 Å². The van der Waals surface area contributed by atoms with Crippen LogP contribution < -0.4 is 18.9 Å². The smallest absolute Gasteiger partial charge is 0.126 e. The lowest BCUT2D eigenvalue weighted by molar-refractivity contribution is 0.183. The van der Waals surface area contributed by atoms with Crippen molar-refractivity contribution in [1.82, 2.24) is 4.90 Å². The van der Waals surface area contributed by atoms with Crippen molar-refractivity contribution in [1.29, 1.82) is 0 Å². The first-order chi connectivity index (χ1) is 17.2. The van der Waals surface area contributed by atoms with Crippen LogP contribution in [0.4, 0.5) is 0 Å². The number of piperidine rings is 1. The van der Waals surface area contributed by atoms with E-state index in [1.165, 1.54) is 49.0 Å². The van der Waals surface area contributed by atoms with Gasteiger partial charge in [-0.15, -0.1) is 0 Å². The molecular weight excluding hydrogens is 438 g/mol. The van der Waals surface area contributed by atoms with Crippen molar-refractivity contribution in [3.63, 3.8) is 0 Å². The minimum Gasteiger partial charge on any atom is -0.497 e. The van der Waals surface area contributed by atoms with Crippen LogP contribution in [0.5, 0.6) is 23.0 Å². The van der Waals surface area contributed by atoms with E-state index in [9.17, 15) is 0 Å². The molecule has 3 aromatic carbocycles. The lowest BCUT2D eigenvalue weighted by Crippen LogP contribution is -2.33. The van der Waals surface area contributed by atoms with Crippen LogP contribution in [-0.2, 0) is 0 Å². The van der Waals surface area contributed by atoms with Gasteiger partial charge in [0.2, 0.25) is 0 Å². The molecule has 0 aliphatic carbocycles. The second kappa shape index (κ2) is 11.0. The highest BCUT2D eigenvalue weighted by Gasteiger charge is 2.34. The van der Waals surface area contributed by atoms with E-state index in [1.807, 2.05) is 24.3 Å². The molecule has 0 amide bonds. The second-order valence-electron chi connectivity index (χ2n) is 9.40. The Bertz CT molecular complexity index is 1110. The van der Waals surface area contributed by atoms with Gasteiger partial charge in [0.1, 0.15) is 29.6 Å². The monoisotopic (exact) mass is 473 g/mol. The Morgan fingerprint density at radius 3 is 2.31 bits per heavy atom. The molecule has 0 N–H and O–H groups in total. The van der Waals surface area contributed by atoms with Gasteiger partial charge >= 0.3 is 0 Å². The summed E-state index contributed by atoms with van der Waals surface area (Å²) in [6, 6.07) is 23.1. The molecular formula is C30H35NO4. The molecule has 2 atom stereocenters. The predicted octanol–water partition coefficient (Wildman–Crippen LogP) is 5.88. The fraction of sp³-hybridized carbons (Fsp3) is 0.400. The average Bonchev–Trinajstić information content (AvgIpc) is 2.93. The number of rotatable bonds is 8. The average molecular weight is 474 g/mol. The van der Waals surface area contributed by atoms with Gasteiger partial charge in [0.15, 0.2) is 0 Å². The van der Waals surface area contributed by atoms with Crippen molar-refractivity contribution in [2.24, 2.45) is 0 Å². The van der Waals surface area contributed by atoms with E-state index in [0.717, 1.165) is 36.1 Å². The summed E-state index contributed by atoms with van der Waals surface area (Å²) in [4.78, 5) is 2.50. The van der Waals surface area contributed by atoms with Crippen LogP contribution >= 0.6 is 0 Å². The zero-order valence-corrected chi connectivity index (χ0v) is 20.7. The Labute approximate surface area is 208 Å². The molecule has 3 aromatic rings. The van der Waals surface area contributed by atoms with E-state index in [1.54, 1.807) is 14.2 Å². The molecule has 0 bridgehead atoms. The highest BCUT2D eigenvalue weighted by Crippen LogP contribution is 2.47. The van der Waals surface area contributed by atoms with Gasteiger partial charge in [0.05, 0.1) is 20.8 Å². The minimum atomic E-state index is 0.152. The molecule has 0 unspecified atom stereocenters. The van der Waals surface area contributed by atoms with Crippen LogP contribution in [-0.4, -0.2) is 52.0 Å². The van der Waals surface area contributed by atoms with Gasteiger partial charge in [-0.25, -0.2) is 0 Å². The maximum Gasteiger partial charge on any atom is 0.126 e. The van der Waals surface area contributed by atoms with E-state index in [-0.39, 0.29) is 11.8 Å². The maximum atomic E-state index is 6.24. The summed E-state index contributed by atoms with van der Waals surface area (Å²) in [5, 5.41) is 0. The molecule has 184 valence electrons. The van der Waals surface area contributed by atoms with Crippen molar-refractivity contribution >= 4 is 0 Å². The van der Waals surface area contributed by atoms with Crippen LogP contribution in [0.15, 0.2) is 66.7 Å². The van der Waals surface area contributed by atoms with Crippen molar-refractivity contribution in [3.05, 3.63) is 83.4 Å². The summed E-state index contributed by atoms with van der Waals surface area (Å²) in [5.74, 6) is 3.79. The molecule has 0 radical (unpaired) electrons. The standard InChI is InChI=1S/C30H35NO4/c1-32-25-8-6-7-23(19-25)28-21-35-29-20-26(33-2)13-14-27(29)30(28)22-9-11-24(12-10-22)34-18-17-31-15-4-3-5-16-31/h6-14,19-20,28,30H,3-5,15-18,21H2,1-2H3/t28-,30-/m0/s1. The third-order valence-electron chi connectivity index (χ3n) is 7.26. The number of hydrogen-bond donors (Lipinski definition) is 0. The Balaban J connectivity index is 1.38. The fourth-order valence-corrected chi connectivity index (χ4v) is 5.34. The van der Waals surface area contributed by atoms with Gasteiger partial charge in [0, 0.05) is 30.0 Å². The van der Waals surface area contributed by atoms with Crippen molar-refractivity contribution in [2.75, 3.05) is 47.1 Å². The largest absolute Gasteiger partial charge is 0.497 e. The number of methoxy groups -OCH3 is 2. The van der Waals surface area contributed by atoms with E-state index in [2.05, 4.69) is 47.4 Å². The molecule has 0 aromatic heterocycles. The molecule has 5 nitrogen and oxygen atoms in total. The van der Waals surface area contributed by atoms with E-state index in [4.69, 9.17) is 18.9 Å².